The Labute approximate surface area is 133 Å². The number of aromatic nitrogens is 1. The Kier molecular flexibility index (Phi) is 4.06. The number of carbonyl (C=O) groups excluding carboxylic acids is 1. The van der Waals surface area contributed by atoms with Gasteiger partial charge in [0.25, 0.3) is 11.5 Å². The fourth-order valence-electron chi connectivity index (χ4n) is 2.39. The minimum Gasteiger partial charge on any atom is -0.328 e. The number of aryl methyl sites for hydroxylation is 1. The second kappa shape index (κ2) is 6.32. The monoisotopic (exact) mass is 304 g/mol. The van der Waals surface area contributed by atoms with E-state index in [2.05, 4.69) is 10.3 Å². The Morgan fingerprint density at radius 1 is 0.957 bits per heavy atom. The summed E-state index contributed by atoms with van der Waals surface area (Å²) in [5, 5.41) is 2.78. The number of hydrogen-bond donors (Lipinski definition) is 2. The fraction of sp³-hybridized carbons (Fsp3) is 0.0526. The number of hydrogen-bond acceptors (Lipinski definition) is 2. The zero-order valence-electron chi connectivity index (χ0n) is 12.7. The topological polar surface area (TPSA) is 62.0 Å². The molecule has 1 aromatic heterocycles. The van der Waals surface area contributed by atoms with Crippen molar-refractivity contribution in [3.63, 3.8) is 0 Å². The lowest BCUT2D eigenvalue weighted by atomic mass is 10.0. The van der Waals surface area contributed by atoms with Crippen molar-refractivity contribution in [2.75, 3.05) is 5.32 Å². The highest BCUT2D eigenvalue weighted by molar-refractivity contribution is 6.08. The third-order valence-electron chi connectivity index (χ3n) is 3.58. The Hall–Kier alpha value is -3.14. The molecule has 2 N–H and O–H groups in total. The number of anilines is 1. The highest BCUT2D eigenvalue weighted by Gasteiger charge is 2.17. The summed E-state index contributed by atoms with van der Waals surface area (Å²) in [5.41, 5.74) is 2.90. The molecule has 0 unspecified atom stereocenters. The van der Waals surface area contributed by atoms with E-state index in [1.165, 1.54) is 0 Å². The molecule has 0 aliphatic heterocycles. The summed E-state index contributed by atoms with van der Waals surface area (Å²) in [6.45, 7) is 1.97. The molecule has 23 heavy (non-hydrogen) atoms. The standard InChI is InChI=1S/C19H16N2O2/c1-13-7-9-15(10-8-13)21-19(23)17-16(11-12-20-18(17)22)14-5-3-2-4-6-14/h2-12H,1H3,(H,20,22)(H,21,23). The molecule has 0 radical (unpaired) electrons. The molecule has 0 aliphatic carbocycles. The number of carbonyl (C=O) groups is 1. The third-order valence-corrected chi connectivity index (χ3v) is 3.58. The Balaban J connectivity index is 2.00. The largest absolute Gasteiger partial charge is 0.328 e. The summed E-state index contributed by atoms with van der Waals surface area (Å²) in [5.74, 6) is -0.422. The van der Waals surface area contributed by atoms with Crippen molar-refractivity contribution in [2.45, 2.75) is 6.92 Å². The number of benzene rings is 2. The molecule has 0 saturated carbocycles. The van der Waals surface area contributed by atoms with E-state index < -0.39 is 11.5 Å². The summed E-state index contributed by atoms with van der Waals surface area (Å²) in [6.07, 6.45) is 1.55. The quantitative estimate of drug-likeness (QED) is 0.776. The second-order valence-electron chi connectivity index (χ2n) is 5.28. The van der Waals surface area contributed by atoms with Gasteiger partial charge < -0.3 is 10.3 Å². The summed E-state index contributed by atoms with van der Waals surface area (Å²) < 4.78 is 0. The molecular formula is C19H16N2O2. The zero-order valence-corrected chi connectivity index (χ0v) is 12.7. The van der Waals surface area contributed by atoms with E-state index in [1.54, 1.807) is 12.3 Å². The van der Waals surface area contributed by atoms with Crippen molar-refractivity contribution in [3.8, 4) is 11.1 Å². The third kappa shape index (κ3) is 3.21. The van der Waals surface area contributed by atoms with Crippen LogP contribution in [0.25, 0.3) is 11.1 Å². The van der Waals surface area contributed by atoms with Crippen LogP contribution in [0.1, 0.15) is 15.9 Å². The predicted molar refractivity (Wildman–Crippen MR) is 91.6 cm³/mol. The highest BCUT2D eigenvalue weighted by Crippen LogP contribution is 2.21. The molecule has 3 rings (SSSR count). The van der Waals surface area contributed by atoms with Gasteiger partial charge in [-0.3, -0.25) is 9.59 Å². The molecule has 0 saturated heterocycles. The molecule has 1 heterocycles. The van der Waals surface area contributed by atoms with Gasteiger partial charge in [0.05, 0.1) is 0 Å². The van der Waals surface area contributed by atoms with E-state index in [9.17, 15) is 9.59 Å². The van der Waals surface area contributed by atoms with Crippen LogP contribution in [0.2, 0.25) is 0 Å². The van der Waals surface area contributed by atoms with E-state index in [0.717, 1.165) is 11.1 Å². The molecule has 3 aromatic rings. The van der Waals surface area contributed by atoms with Crippen LogP contribution in [-0.4, -0.2) is 10.9 Å². The van der Waals surface area contributed by atoms with Crippen LogP contribution in [-0.2, 0) is 0 Å². The number of rotatable bonds is 3. The smallest absolute Gasteiger partial charge is 0.261 e. The lowest BCUT2D eigenvalue weighted by Crippen LogP contribution is -2.24. The maximum atomic E-state index is 12.6. The van der Waals surface area contributed by atoms with Crippen molar-refractivity contribution in [2.24, 2.45) is 0 Å². The van der Waals surface area contributed by atoms with E-state index in [1.807, 2.05) is 61.5 Å². The minimum absolute atomic E-state index is 0.110. The lowest BCUT2D eigenvalue weighted by Gasteiger charge is -2.09. The molecule has 0 aliphatic rings. The van der Waals surface area contributed by atoms with Gasteiger partial charge in [0, 0.05) is 17.4 Å². The van der Waals surface area contributed by atoms with Gasteiger partial charge in [-0.25, -0.2) is 0 Å². The van der Waals surface area contributed by atoms with Crippen molar-refractivity contribution >= 4 is 11.6 Å². The summed E-state index contributed by atoms with van der Waals surface area (Å²) >= 11 is 0. The number of amides is 1. The number of pyridine rings is 1. The maximum absolute atomic E-state index is 12.6. The molecule has 4 heteroatoms. The molecule has 0 fully saturated rings. The molecule has 1 amide bonds. The van der Waals surface area contributed by atoms with Gasteiger partial charge in [-0.1, -0.05) is 48.0 Å². The van der Waals surface area contributed by atoms with Gasteiger partial charge in [-0.2, -0.15) is 0 Å². The van der Waals surface area contributed by atoms with Crippen LogP contribution in [0.5, 0.6) is 0 Å². The Morgan fingerprint density at radius 3 is 2.35 bits per heavy atom. The first-order valence-electron chi connectivity index (χ1n) is 7.30. The molecule has 0 spiro atoms. The van der Waals surface area contributed by atoms with Crippen molar-refractivity contribution < 1.29 is 4.79 Å². The minimum atomic E-state index is -0.422. The van der Waals surface area contributed by atoms with Gasteiger partial charge in [-0.15, -0.1) is 0 Å². The second-order valence-corrected chi connectivity index (χ2v) is 5.28. The van der Waals surface area contributed by atoms with Crippen LogP contribution in [0.15, 0.2) is 71.7 Å². The van der Waals surface area contributed by atoms with E-state index in [0.29, 0.717) is 11.3 Å². The van der Waals surface area contributed by atoms with Gasteiger partial charge in [-0.05, 0) is 30.7 Å². The van der Waals surface area contributed by atoms with E-state index in [-0.39, 0.29) is 5.56 Å². The fourth-order valence-corrected chi connectivity index (χ4v) is 2.39. The Morgan fingerprint density at radius 2 is 1.65 bits per heavy atom. The molecule has 0 atom stereocenters. The van der Waals surface area contributed by atoms with Crippen LogP contribution >= 0.6 is 0 Å². The molecular weight excluding hydrogens is 288 g/mol. The van der Waals surface area contributed by atoms with Gasteiger partial charge in [0.1, 0.15) is 5.56 Å². The average Bonchev–Trinajstić information content (AvgIpc) is 2.57. The van der Waals surface area contributed by atoms with Crippen LogP contribution < -0.4 is 10.9 Å². The van der Waals surface area contributed by atoms with Crippen LogP contribution in [0, 0.1) is 6.92 Å². The first-order chi connectivity index (χ1) is 11.1. The van der Waals surface area contributed by atoms with Crippen molar-refractivity contribution in [1.29, 1.82) is 0 Å². The lowest BCUT2D eigenvalue weighted by molar-refractivity contribution is 0.102. The summed E-state index contributed by atoms with van der Waals surface area (Å²) in [7, 11) is 0. The SMILES string of the molecule is Cc1ccc(NC(=O)c2c(-c3ccccc3)cc[nH]c2=O)cc1. The van der Waals surface area contributed by atoms with Crippen molar-refractivity contribution in [3.05, 3.63) is 88.3 Å². The Bertz CT molecular complexity index is 881. The molecule has 114 valence electrons. The number of aromatic amines is 1. The summed E-state index contributed by atoms with van der Waals surface area (Å²) in [4.78, 5) is 27.3. The summed E-state index contributed by atoms with van der Waals surface area (Å²) in [6, 6.07) is 18.6. The first-order valence-corrected chi connectivity index (χ1v) is 7.30. The average molecular weight is 304 g/mol. The van der Waals surface area contributed by atoms with Gasteiger partial charge >= 0.3 is 0 Å². The highest BCUT2D eigenvalue weighted by atomic mass is 16.2. The van der Waals surface area contributed by atoms with Crippen LogP contribution in [0.4, 0.5) is 5.69 Å². The zero-order chi connectivity index (χ0) is 16.2. The molecule has 0 bridgehead atoms. The van der Waals surface area contributed by atoms with Crippen molar-refractivity contribution in [1.82, 2.24) is 4.98 Å². The predicted octanol–water partition coefficient (Wildman–Crippen LogP) is 3.60. The van der Waals surface area contributed by atoms with Gasteiger partial charge in [0.2, 0.25) is 0 Å². The normalized spacial score (nSPS) is 10.3. The number of nitrogens with one attached hydrogen (secondary N) is 2. The molecule has 2 aromatic carbocycles. The van der Waals surface area contributed by atoms with E-state index >= 15 is 0 Å². The van der Waals surface area contributed by atoms with Gasteiger partial charge in [0.15, 0.2) is 0 Å². The number of H-pyrrole nitrogens is 1. The first kappa shape index (κ1) is 14.8. The van der Waals surface area contributed by atoms with Crippen LogP contribution in [0.3, 0.4) is 0 Å². The molecule has 4 nitrogen and oxygen atoms in total. The maximum Gasteiger partial charge on any atom is 0.261 e. The van der Waals surface area contributed by atoms with E-state index in [4.69, 9.17) is 0 Å².